The Morgan fingerprint density at radius 1 is 1.64 bits per heavy atom. The average Bonchev–Trinajstić information content (AvgIpc) is 2.62. The third-order valence-electron chi connectivity index (χ3n) is 2.62. The van der Waals surface area contributed by atoms with E-state index in [0.29, 0.717) is 13.0 Å². The van der Waals surface area contributed by atoms with Crippen molar-refractivity contribution in [3.05, 3.63) is 12.2 Å². The van der Waals surface area contributed by atoms with Gasteiger partial charge in [-0.25, -0.2) is 0 Å². The first-order chi connectivity index (χ1) is 6.72. The van der Waals surface area contributed by atoms with Gasteiger partial charge in [-0.1, -0.05) is 6.08 Å². The van der Waals surface area contributed by atoms with E-state index in [1.165, 1.54) is 0 Å². The number of carbonyl (C=O) groups is 2. The van der Waals surface area contributed by atoms with Crippen molar-refractivity contribution in [1.29, 1.82) is 0 Å². The van der Waals surface area contributed by atoms with E-state index in [1.54, 1.807) is 19.1 Å². The quantitative estimate of drug-likeness (QED) is 0.481. The second-order valence-corrected chi connectivity index (χ2v) is 3.49. The zero-order valence-electron chi connectivity index (χ0n) is 7.93. The standard InChI is InChI=1S/C10H12O4/c1-2-13-10(12)6-3-4-8-7(6)5-9(11)14-8/h3-4,6-8H,2,5H2,1H3/t6-,7-,8+/m0/s1. The lowest BCUT2D eigenvalue weighted by Crippen LogP contribution is -2.24. The van der Waals surface area contributed by atoms with E-state index in [1.807, 2.05) is 0 Å². The number of rotatable bonds is 2. The van der Waals surface area contributed by atoms with Gasteiger partial charge in [0.1, 0.15) is 6.10 Å². The first-order valence-corrected chi connectivity index (χ1v) is 4.77. The SMILES string of the molecule is CCOC(=O)[C@H]1C=C[C@H]2OC(=O)C[C@@H]12. The molecule has 0 N–H and O–H groups in total. The lowest BCUT2D eigenvalue weighted by molar-refractivity contribution is -0.148. The van der Waals surface area contributed by atoms with Crippen molar-refractivity contribution in [2.24, 2.45) is 11.8 Å². The van der Waals surface area contributed by atoms with Crippen LogP contribution in [0.2, 0.25) is 0 Å². The number of fused-ring (bicyclic) bond motifs is 1. The Morgan fingerprint density at radius 3 is 3.14 bits per heavy atom. The molecular formula is C10H12O4. The zero-order chi connectivity index (χ0) is 10.1. The van der Waals surface area contributed by atoms with Crippen molar-refractivity contribution in [1.82, 2.24) is 0 Å². The van der Waals surface area contributed by atoms with Crippen LogP contribution < -0.4 is 0 Å². The summed E-state index contributed by atoms with van der Waals surface area (Å²) in [6.07, 6.45) is 3.66. The molecule has 0 aromatic rings. The van der Waals surface area contributed by atoms with Gasteiger partial charge in [0.05, 0.1) is 18.9 Å². The fourth-order valence-corrected chi connectivity index (χ4v) is 1.97. The van der Waals surface area contributed by atoms with Gasteiger partial charge in [-0.05, 0) is 13.0 Å². The van der Waals surface area contributed by atoms with Crippen molar-refractivity contribution < 1.29 is 19.1 Å². The molecule has 4 nitrogen and oxygen atoms in total. The first kappa shape index (κ1) is 9.24. The molecule has 0 spiro atoms. The van der Waals surface area contributed by atoms with Crippen molar-refractivity contribution in [2.45, 2.75) is 19.4 Å². The summed E-state index contributed by atoms with van der Waals surface area (Å²) in [5, 5.41) is 0. The predicted octanol–water partition coefficient (Wildman–Crippen LogP) is 0.667. The Bertz CT molecular complexity index is 294. The molecule has 0 radical (unpaired) electrons. The van der Waals surface area contributed by atoms with Crippen LogP contribution in [0.15, 0.2) is 12.2 Å². The van der Waals surface area contributed by atoms with E-state index in [4.69, 9.17) is 9.47 Å². The van der Waals surface area contributed by atoms with Gasteiger partial charge >= 0.3 is 11.9 Å². The molecule has 0 saturated carbocycles. The van der Waals surface area contributed by atoms with Crippen LogP contribution in [0, 0.1) is 11.8 Å². The summed E-state index contributed by atoms with van der Waals surface area (Å²) in [5.74, 6) is -0.818. The maximum atomic E-state index is 11.5. The summed E-state index contributed by atoms with van der Waals surface area (Å²) < 4.78 is 9.92. The summed E-state index contributed by atoms with van der Waals surface area (Å²) in [7, 11) is 0. The van der Waals surface area contributed by atoms with E-state index < -0.39 is 0 Å². The summed E-state index contributed by atoms with van der Waals surface area (Å²) in [5.41, 5.74) is 0. The predicted molar refractivity (Wildman–Crippen MR) is 47.3 cm³/mol. The second kappa shape index (κ2) is 3.44. The number of ether oxygens (including phenoxy) is 2. The first-order valence-electron chi connectivity index (χ1n) is 4.77. The highest BCUT2D eigenvalue weighted by Gasteiger charge is 2.44. The molecule has 1 fully saturated rings. The molecule has 3 atom stereocenters. The lowest BCUT2D eigenvalue weighted by Gasteiger charge is -2.13. The highest BCUT2D eigenvalue weighted by Crippen LogP contribution is 2.36. The van der Waals surface area contributed by atoms with Crippen molar-refractivity contribution >= 4 is 11.9 Å². The fraction of sp³-hybridized carbons (Fsp3) is 0.600. The highest BCUT2D eigenvalue weighted by molar-refractivity contribution is 5.80. The lowest BCUT2D eigenvalue weighted by atomic mass is 9.93. The van der Waals surface area contributed by atoms with Crippen LogP contribution >= 0.6 is 0 Å². The van der Waals surface area contributed by atoms with Gasteiger partial charge in [-0.3, -0.25) is 9.59 Å². The van der Waals surface area contributed by atoms with Crippen molar-refractivity contribution in [3.63, 3.8) is 0 Å². The Morgan fingerprint density at radius 2 is 2.43 bits per heavy atom. The van der Waals surface area contributed by atoms with Crippen molar-refractivity contribution in [2.75, 3.05) is 6.61 Å². The van der Waals surface area contributed by atoms with E-state index in [2.05, 4.69) is 0 Å². The Hall–Kier alpha value is -1.32. The molecule has 0 unspecified atom stereocenters. The molecule has 1 saturated heterocycles. The number of hydrogen-bond donors (Lipinski definition) is 0. The maximum absolute atomic E-state index is 11.5. The molecule has 14 heavy (non-hydrogen) atoms. The van der Waals surface area contributed by atoms with Crippen LogP contribution in [0.3, 0.4) is 0 Å². The molecule has 1 aliphatic carbocycles. The summed E-state index contributed by atoms with van der Waals surface area (Å²) >= 11 is 0. The summed E-state index contributed by atoms with van der Waals surface area (Å²) in [6, 6.07) is 0. The van der Waals surface area contributed by atoms with Crippen LogP contribution in [-0.2, 0) is 19.1 Å². The minimum atomic E-state index is -0.300. The van der Waals surface area contributed by atoms with Gasteiger partial charge in [0.15, 0.2) is 0 Å². The maximum Gasteiger partial charge on any atom is 0.313 e. The van der Waals surface area contributed by atoms with E-state index in [9.17, 15) is 9.59 Å². The van der Waals surface area contributed by atoms with Gasteiger partial charge in [0, 0.05) is 5.92 Å². The summed E-state index contributed by atoms with van der Waals surface area (Å²) in [6.45, 7) is 2.14. The zero-order valence-corrected chi connectivity index (χ0v) is 7.93. The smallest absolute Gasteiger partial charge is 0.313 e. The average molecular weight is 196 g/mol. The molecule has 1 aliphatic heterocycles. The molecule has 0 bridgehead atoms. The van der Waals surface area contributed by atoms with E-state index in [0.717, 1.165) is 0 Å². The molecule has 0 aromatic heterocycles. The third-order valence-corrected chi connectivity index (χ3v) is 2.62. The number of carbonyl (C=O) groups excluding carboxylic acids is 2. The molecule has 2 aliphatic rings. The molecule has 0 aromatic carbocycles. The van der Waals surface area contributed by atoms with Gasteiger partial charge in [-0.15, -0.1) is 0 Å². The third kappa shape index (κ3) is 1.41. The topological polar surface area (TPSA) is 52.6 Å². The molecule has 2 rings (SSSR count). The Labute approximate surface area is 81.9 Å². The van der Waals surface area contributed by atoms with Gasteiger partial charge in [0.2, 0.25) is 0 Å². The van der Waals surface area contributed by atoms with Crippen LogP contribution in [0.5, 0.6) is 0 Å². The van der Waals surface area contributed by atoms with Crippen molar-refractivity contribution in [3.8, 4) is 0 Å². The Balaban J connectivity index is 2.05. The van der Waals surface area contributed by atoms with Crippen LogP contribution in [0.4, 0.5) is 0 Å². The monoisotopic (exact) mass is 196 g/mol. The second-order valence-electron chi connectivity index (χ2n) is 3.49. The number of esters is 2. The van der Waals surface area contributed by atoms with Gasteiger partial charge < -0.3 is 9.47 Å². The minimum absolute atomic E-state index is 0.0402. The minimum Gasteiger partial charge on any atom is -0.466 e. The van der Waals surface area contributed by atoms with Crippen LogP contribution in [0.25, 0.3) is 0 Å². The molecule has 1 heterocycles. The molecule has 0 amide bonds. The van der Waals surface area contributed by atoms with E-state index >= 15 is 0 Å². The molecule has 76 valence electrons. The van der Waals surface area contributed by atoms with Gasteiger partial charge in [-0.2, -0.15) is 0 Å². The number of hydrogen-bond acceptors (Lipinski definition) is 4. The highest BCUT2D eigenvalue weighted by atomic mass is 16.6. The molecule has 4 heteroatoms. The summed E-state index contributed by atoms with van der Waals surface area (Å²) in [4.78, 5) is 22.4. The van der Waals surface area contributed by atoms with Crippen LogP contribution in [0.1, 0.15) is 13.3 Å². The van der Waals surface area contributed by atoms with Gasteiger partial charge in [0.25, 0.3) is 0 Å². The largest absolute Gasteiger partial charge is 0.466 e. The fourth-order valence-electron chi connectivity index (χ4n) is 1.97. The molecular weight excluding hydrogens is 184 g/mol. The van der Waals surface area contributed by atoms with Crippen LogP contribution in [-0.4, -0.2) is 24.6 Å². The Kier molecular flexibility index (Phi) is 2.27. The normalized spacial score (nSPS) is 34.1. The van der Waals surface area contributed by atoms with E-state index in [-0.39, 0.29) is 29.9 Å².